The van der Waals surface area contributed by atoms with Crippen LogP contribution in [0.1, 0.15) is 71.8 Å². The van der Waals surface area contributed by atoms with E-state index in [1.807, 2.05) is 19.1 Å². The first-order chi connectivity index (χ1) is 19.1. The number of pyridine rings is 1. The summed E-state index contributed by atoms with van der Waals surface area (Å²) in [5.74, 6) is 0.562. The van der Waals surface area contributed by atoms with Crippen molar-refractivity contribution < 1.29 is 14.3 Å². The first kappa shape index (κ1) is 27.7. The van der Waals surface area contributed by atoms with Crippen LogP contribution in [0.3, 0.4) is 0 Å². The fraction of sp³-hybridized carbons (Fsp3) is 0.562. The molecule has 0 spiro atoms. The molecule has 2 aliphatic heterocycles. The summed E-state index contributed by atoms with van der Waals surface area (Å²) in [4.78, 5) is 23.4. The van der Waals surface area contributed by atoms with E-state index in [4.69, 9.17) is 9.47 Å². The number of fused-ring (bicyclic) bond motifs is 2. The Morgan fingerprint density at radius 2 is 1.92 bits per heavy atom. The van der Waals surface area contributed by atoms with Crippen molar-refractivity contribution in [2.24, 2.45) is 0 Å². The van der Waals surface area contributed by atoms with Crippen LogP contribution >= 0.6 is 0 Å². The van der Waals surface area contributed by atoms with E-state index in [-0.39, 0.29) is 5.91 Å². The zero-order valence-electron chi connectivity index (χ0n) is 23.9. The van der Waals surface area contributed by atoms with E-state index in [2.05, 4.69) is 51.3 Å². The van der Waals surface area contributed by atoms with Gasteiger partial charge in [-0.2, -0.15) is 0 Å². The number of benzene rings is 1. The van der Waals surface area contributed by atoms with Crippen molar-refractivity contribution in [1.29, 1.82) is 0 Å². The summed E-state index contributed by atoms with van der Waals surface area (Å²) in [6.45, 7) is 9.42. The molecule has 3 aliphatic rings. The Hall–Kier alpha value is -2.90. The number of aryl methyl sites for hydroxylation is 2. The van der Waals surface area contributed by atoms with Gasteiger partial charge in [-0.1, -0.05) is 18.2 Å². The van der Waals surface area contributed by atoms with Gasteiger partial charge in [-0.15, -0.1) is 0 Å². The van der Waals surface area contributed by atoms with E-state index in [0.29, 0.717) is 24.5 Å². The SMILES string of the molecule is CCN(c1cccc2c1C/C=C\CCc1cc(C)nc(OC)c1CNC2=O)C1CCC(N2CCOCC2)CC1. The largest absolute Gasteiger partial charge is 0.481 e. The van der Waals surface area contributed by atoms with Gasteiger partial charge in [-0.25, -0.2) is 4.98 Å². The van der Waals surface area contributed by atoms with Gasteiger partial charge in [0.25, 0.3) is 5.91 Å². The molecule has 7 heteroatoms. The molecule has 1 aliphatic carbocycles. The van der Waals surface area contributed by atoms with Crippen molar-refractivity contribution in [3.8, 4) is 5.88 Å². The van der Waals surface area contributed by atoms with Crippen LogP contribution in [0.15, 0.2) is 36.4 Å². The van der Waals surface area contributed by atoms with E-state index in [9.17, 15) is 4.79 Å². The Morgan fingerprint density at radius 1 is 1.13 bits per heavy atom. The number of allylic oxidation sites excluding steroid dienone is 2. The van der Waals surface area contributed by atoms with Crippen molar-refractivity contribution in [3.63, 3.8) is 0 Å². The van der Waals surface area contributed by atoms with Crippen LogP contribution in [0.2, 0.25) is 0 Å². The molecule has 1 saturated carbocycles. The molecule has 0 radical (unpaired) electrons. The van der Waals surface area contributed by atoms with Gasteiger partial charge in [0.1, 0.15) is 0 Å². The van der Waals surface area contributed by atoms with Crippen LogP contribution < -0.4 is 15.0 Å². The third-order valence-corrected chi connectivity index (χ3v) is 8.71. The molecule has 1 aromatic carbocycles. The zero-order chi connectivity index (χ0) is 27.2. The fourth-order valence-electron chi connectivity index (χ4n) is 6.71. The van der Waals surface area contributed by atoms with Crippen molar-refractivity contribution >= 4 is 11.6 Å². The first-order valence-electron chi connectivity index (χ1n) is 14.8. The van der Waals surface area contributed by atoms with E-state index < -0.39 is 0 Å². The summed E-state index contributed by atoms with van der Waals surface area (Å²) in [7, 11) is 1.65. The fourth-order valence-corrected chi connectivity index (χ4v) is 6.71. The maximum absolute atomic E-state index is 13.6. The number of amides is 1. The predicted molar refractivity (Wildman–Crippen MR) is 156 cm³/mol. The molecule has 0 atom stereocenters. The van der Waals surface area contributed by atoms with E-state index >= 15 is 0 Å². The van der Waals surface area contributed by atoms with Gasteiger partial charge >= 0.3 is 0 Å². The molecule has 5 rings (SSSR count). The zero-order valence-corrected chi connectivity index (χ0v) is 23.9. The standard InChI is InChI=1S/C32H44N4O3/c1-4-36(26-15-13-25(14-16-26)35-17-19-39-20-18-35)30-12-8-11-28-27(30)10-7-5-6-9-24-21-23(2)34-32(38-3)29(24)22-33-31(28)37/h5,7-8,11-12,21,25-26H,4,6,9-10,13-20,22H2,1-3H3,(H,33,37)/b7-5-. The number of aromatic nitrogens is 1. The first-order valence-corrected chi connectivity index (χ1v) is 14.8. The van der Waals surface area contributed by atoms with Crippen LogP contribution in [-0.2, 0) is 24.1 Å². The van der Waals surface area contributed by atoms with Crippen LogP contribution in [0.5, 0.6) is 5.88 Å². The molecule has 7 nitrogen and oxygen atoms in total. The van der Waals surface area contributed by atoms with Crippen molar-refractivity contribution in [3.05, 3.63) is 64.4 Å². The third kappa shape index (κ3) is 6.30. The molecule has 3 heterocycles. The number of morpholine rings is 1. The van der Waals surface area contributed by atoms with Gasteiger partial charge in [-0.05, 0) is 88.1 Å². The minimum Gasteiger partial charge on any atom is -0.481 e. The van der Waals surface area contributed by atoms with E-state index in [1.54, 1.807) is 7.11 Å². The number of hydrogen-bond donors (Lipinski definition) is 1. The van der Waals surface area contributed by atoms with Crippen molar-refractivity contribution in [2.45, 2.75) is 77.4 Å². The molecule has 1 aromatic heterocycles. The average molecular weight is 533 g/mol. The monoisotopic (exact) mass is 532 g/mol. The smallest absolute Gasteiger partial charge is 0.251 e. The Labute approximate surface area is 233 Å². The Kier molecular flexibility index (Phi) is 9.20. The number of rotatable bonds is 5. The number of hydrogen-bond acceptors (Lipinski definition) is 6. The second kappa shape index (κ2) is 13.0. The lowest BCUT2D eigenvalue weighted by molar-refractivity contribution is 0.00730. The number of carbonyl (C=O) groups excluding carboxylic acids is 1. The lowest BCUT2D eigenvalue weighted by Crippen LogP contribution is -2.48. The highest BCUT2D eigenvalue weighted by Gasteiger charge is 2.31. The van der Waals surface area contributed by atoms with Crippen LogP contribution in [0.4, 0.5) is 5.69 Å². The molecular weight excluding hydrogens is 488 g/mol. The molecule has 1 N–H and O–H groups in total. The van der Waals surface area contributed by atoms with E-state index in [0.717, 1.165) is 74.5 Å². The molecule has 2 fully saturated rings. The number of nitrogens with one attached hydrogen (secondary N) is 1. The summed E-state index contributed by atoms with van der Waals surface area (Å²) < 4.78 is 11.2. The maximum Gasteiger partial charge on any atom is 0.251 e. The highest BCUT2D eigenvalue weighted by atomic mass is 16.5. The third-order valence-electron chi connectivity index (χ3n) is 8.71. The molecule has 0 bridgehead atoms. The highest BCUT2D eigenvalue weighted by Crippen LogP contribution is 2.34. The van der Waals surface area contributed by atoms with Gasteiger partial charge in [0.15, 0.2) is 0 Å². The number of anilines is 1. The molecule has 39 heavy (non-hydrogen) atoms. The van der Waals surface area contributed by atoms with Gasteiger partial charge < -0.3 is 19.7 Å². The second-order valence-electron chi connectivity index (χ2n) is 11.0. The van der Waals surface area contributed by atoms with Crippen molar-refractivity contribution in [2.75, 3.05) is 44.9 Å². The average Bonchev–Trinajstić information content (AvgIpc) is 2.97. The molecule has 210 valence electrons. The topological polar surface area (TPSA) is 66.9 Å². The van der Waals surface area contributed by atoms with Gasteiger partial charge in [0.05, 0.1) is 20.3 Å². The molecule has 2 aromatic rings. The summed E-state index contributed by atoms with van der Waals surface area (Å²) in [6, 6.07) is 9.52. The number of nitrogens with zero attached hydrogens (tertiary/aromatic N) is 3. The van der Waals surface area contributed by atoms with E-state index in [1.165, 1.54) is 36.9 Å². The minimum absolute atomic E-state index is 0.0403. The summed E-state index contributed by atoms with van der Waals surface area (Å²) in [6.07, 6.45) is 11.9. The summed E-state index contributed by atoms with van der Waals surface area (Å²) in [5, 5.41) is 3.20. The van der Waals surface area contributed by atoms with Crippen LogP contribution in [0.25, 0.3) is 0 Å². The number of ether oxygens (including phenoxy) is 2. The lowest BCUT2D eigenvalue weighted by atomic mass is 9.88. The Balaban J connectivity index is 1.38. The molecule has 0 unspecified atom stereocenters. The van der Waals surface area contributed by atoms with Gasteiger partial charge in [0.2, 0.25) is 5.88 Å². The molecule has 1 amide bonds. The number of methoxy groups -OCH3 is 1. The van der Waals surface area contributed by atoms with Crippen molar-refractivity contribution in [1.82, 2.24) is 15.2 Å². The van der Waals surface area contributed by atoms with Gasteiger partial charge in [-0.3, -0.25) is 9.69 Å². The highest BCUT2D eigenvalue weighted by molar-refractivity contribution is 5.97. The Morgan fingerprint density at radius 3 is 2.67 bits per heavy atom. The summed E-state index contributed by atoms with van der Waals surface area (Å²) >= 11 is 0. The summed E-state index contributed by atoms with van der Waals surface area (Å²) in [5.41, 5.74) is 6.18. The van der Waals surface area contributed by atoms with Gasteiger partial charge in [0, 0.05) is 60.8 Å². The quantitative estimate of drug-likeness (QED) is 0.556. The minimum atomic E-state index is -0.0403. The van der Waals surface area contributed by atoms with Crippen LogP contribution in [0, 0.1) is 6.92 Å². The molecule has 1 saturated heterocycles. The predicted octanol–water partition coefficient (Wildman–Crippen LogP) is 4.84. The molecular formula is C32H44N4O3. The Bertz CT molecular complexity index is 1170. The second-order valence-corrected chi connectivity index (χ2v) is 11.0. The normalized spacial score (nSPS) is 23.4. The maximum atomic E-state index is 13.6. The number of carbonyl (C=O) groups is 1. The van der Waals surface area contributed by atoms with Crippen LogP contribution in [-0.4, -0.2) is 67.8 Å². The lowest BCUT2D eigenvalue weighted by Gasteiger charge is -2.43.